The fraction of sp³-hybridized carbons (Fsp3) is 0.600. The first-order valence-electron chi connectivity index (χ1n) is 11.6. The van der Waals surface area contributed by atoms with Crippen LogP contribution in [0.25, 0.3) is 0 Å². The van der Waals surface area contributed by atoms with Gasteiger partial charge >= 0.3 is 0 Å². The van der Waals surface area contributed by atoms with Crippen molar-refractivity contribution in [3.8, 4) is 0 Å². The number of amides is 3. The molecule has 1 aromatic rings. The van der Waals surface area contributed by atoms with Crippen LogP contribution in [-0.2, 0) is 14.4 Å². The normalized spacial score (nSPS) is 20.1. The number of anilines is 1. The summed E-state index contributed by atoms with van der Waals surface area (Å²) >= 11 is 0. The number of benzene rings is 1. The molecular weight excluding hydrogens is 404 g/mol. The number of carbonyl (C=O) groups excluding carboxylic acids is 3. The van der Waals surface area contributed by atoms with Crippen LogP contribution in [0.15, 0.2) is 29.3 Å². The summed E-state index contributed by atoms with van der Waals surface area (Å²) < 4.78 is 0. The van der Waals surface area contributed by atoms with E-state index >= 15 is 0 Å². The van der Waals surface area contributed by atoms with Gasteiger partial charge in [0.1, 0.15) is 5.54 Å². The number of aliphatic imine (C=N–C) groups is 1. The van der Waals surface area contributed by atoms with Crippen molar-refractivity contribution >= 4 is 29.1 Å². The van der Waals surface area contributed by atoms with E-state index in [9.17, 15) is 14.4 Å². The molecule has 1 heterocycles. The monoisotopic (exact) mass is 440 g/mol. The van der Waals surface area contributed by atoms with Gasteiger partial charge in [0.15, 0.2) is 0 Å². The summed E-state index contributed by atoms with van der Waals surface area (Å²) in [7, 11) is 0. The van der Waals surface area contributed by atoms with E-state index in [1.807, 2.05) is 45.0 Å². The van der Waals surface area contributed by atoms with Crippen LogP contribution in [0.3, 0.4) is 0 Å². The summed E-state index contributed by atoms with van der Waals surface area (Å²) in [6.07, 6.45) is 2.94. The number of nitrogens with one attached hydrogen (secondary N) is 3. The molecular formula is C25H36N4O3. The highest BCUT2D eigenvalue weighted by atomic mass is 16.2. The van der Waals surface area contributed by atoms with Crippen LogP contribution in [0.2, 0.25) is 0 Å². The lowest BCUT2D eigenvalue weighted by atomic mass is 9.85. The Labute approximate surface area is 190 Å². The summed E-state index contributed by atoms with van der Waals surface area (Å²) in [6, 6.07) is 7.54. The molecule has 0 saturated heterocycles. The number of hydrogen-bond donors (Lipinski definition) is 3. The first kappa shape index (κ1) is 24.0. The summed E-state index contributed by atoms with van der Waals surface area (Å²) in [4.78, 5) is 43.7. The van der Waals surface area contributed by atoms with Crippen LogP contribution in [0, 0.1) is 11.3 Å². The Bertz CT molecular complexity index is 908. The van der Waals surface area contributed by atoms with Gasteiger partial charge in [-0.3, -0.25) is 19.4 Å². The predicted molar refractivity (Wildman–Crippen MR) is 126 cm³/mol. The summed E-state index contributed by atoms with van der Waals surface area (Å²) in [5.41, 5.74) is 0.966. The maximum atomic E-state index is 13.4. The Morgan fingerprint density at radius 2 is 1.84 bits per heavy atom. The van der Waals surface area contributed by atoms with Crippen molar-refractivity contribution in [2.45, 2.75) is 84.8 Å². The molecule has 1 fully saturated rings. The predicted octanol–water partition coefficient (Wildman–Crippen LogP) is 3.78. The number of benzodiazepines with no additional fused rings is 1. The molecule has 2 aliphatic rings. The third-order valence-corrected chi connectivity index (χ3v) is 6.14. The minimum absolute atomic E-state index is 0.118. The second kappa shape index (κ2) is 9.43. The summed E-state index contributed by atoms with van der Waals surface area (Å²) in [6.45, 7) is 10.2. The molecule has 3 N–H and O–H groups in total. The zero-order chi connectivity index (χ0) is 23.5. The van der Waals surface area contributed by atoms with Gasteiger partial charge in [-0.1, -0.05) is 65.7 Å². The Kier molecular flexibility index (Phi) is 7.06. The smallest absolute Gasteiger partial charge is 0.269 e. The Hall–Kier alpha value is -2.70. The summed E-state index contributed by atoms with van der Waals surface area (Å²) in [5.74, 6) is -0.428. The van der Waals surface area contributed by atoms with E-state index in [0.29, 0.717) is 30.9 Å². The zero-order valence-corrected chi connectivity index (χ0v) is 19.9. The van der Waals surface area contributed by atoms with Gasteiger partial charge in [-0.25, -0.2) is 0 Å². The van der Waals surface area contributed by atoms with Crippen LogP contribution in [-0.4, -0.2) is 35.1 Å². The van der Waals surface area contributed by atoms with E-state index in [-0.39, 0.29) is 23.1 Å². The van der Waals surface area contributed by atoms with Gasteiger partial charge in [0.25, 0.3) is 5.91 Å². The largest absolute Gasteiger partial charge is 0.342 e. The number of nitrogens with zero attached hydrogens (tertiary/aromatic N) is 1. The molecule has 0 radical (unpaired) electrons. The Balaban J connectivity index is 1.85. The molecule has 7 nitrogen and oxygen atoms in total. The molecule has 1 atom stereocenters. The minimum Gasteiger partial charge on any atom is -0.342 e. The van der Waals surface area contributed by atoms with Gasteiger partial charge < -0.3 is 16.0 Å². The quantitative estimate of drug-likeness (QED) is 0.628. The molecule has 1 aliphatic heterocycles. The molecule has 0 aromatic heterocycles. The Morgan fingerprint density at radius 3 is 2.47 bits per heavy atom. The van der Waals surface area contributed by atoms with Gasteiger partial charge in [0.05, 0.1) is 5.71 Å². The van der Waals surface area contributed by atoms with Crippen LogP contribution in [0.4, 0.5) is 5.69 Å². The van der Waals surface area contributed by atoms with E-state index in [2.05, 4.69) is 29.8 Å². The minimum atomic E-state index is -1.06. The maximum absolute atomic E-state index is 13.4. The zero-order valence-electron chi connectivity index (χ0n) is 19.9. The molecule has 174 valence electrons. The second-order valence-electron chi connectivity index (χ2n) is 10.4. The molecule has 3 amide bonds. The fourth-order valence-electron chi connectivity index (χ4n) is 4.35. The Morgan fingerprint density at radius 1 is 1.19 bits per heavy atom. The standard InChI is InChI=1S/C25H36N4O3/c1-16(2)12-13-19(30)29-25(14-8-9-15-25)23(32)28-21-22(31)26-18-11-7-6-10-17(18)20(27-21)24(3,4)5/h6-7,10-11,16,21H,8-9,12-15H2,1-5H3,(H,26,31)(H,28,32)(H,29,30). The average molecular weight is 441 g/mol. The molecule has 0 bridgehead atoms. The van der Waals surface area contributed by atoms with Crippen molar-refractivity contribution < 1.29 is 14.4 Å². The van der Waals surface area contributed by atoms with Crippen molar-refractivity contribution in [1.29, 1.82) is 0 Å². The first-order valence-corrected chi connectivity index (χ1v) is 11.6. The molecule has 1 aromatic carbocycles. The topological polar surface area (TPSA) is 99.7 Å². The van der Waals surface area contributed by atoms with Crippen molar-refractivity contribution in [3.63, 3.8) is 0 Å². The highest BCUT2D eigenvalue weighted by molar-refractivity contribution is 6.14. The fourth-order valence-corrected chi connectivity index (χ4v) is 4.35. The lowest BCUT2D eigenvalue weighted by Crippen LogP contribution is -2.60. The highest BCUT2D eigenvalue weighted by Gasteiger charge is 2.44. The van der Waals surface area contributed by atoms with Gasteiger partial charge in [-0.05, 0) is 31.2 Å². The van der Waals surface area contributed by atoms with E-state index in [1.54, 1.807) is 0 Å². The molecule has 1 saturated carbocycles. The van der Waals surface area contributed by atoms with Crippen molar-refractivity contribution in [3.05, 3.63) is 29.8 Å². The molecule has 0 spiro atoms. The van der Waals surface area contributed by atoms with Crippen molar-refractivity contribution in [2.75, 3.05) is 5.32 Å². The van der Waals surface area contributed by atoms with Crippen LogP contribution < -0.4 is 16.0 Å². The number of hydrogen-bond acceptors (Lipinski definition) is 4. The SMILES string of the molecule is CC(C)CCC(=O)NC1(C(=O)NC2N=C(C(C)(C)C)c3ccccc3NC2=O)CCCC1. The van der Waals surface area contributed by atoms with Gasteiger partial charge in [0, 0.05) is 23.1 Å². The lowest BCUT2D eigenvalue weighted by Gasteiger charge is -2.30. The van der Waals surface area contributed by atoms with Gasteiger partial charge in [0.2, 0.25) is 18.0 Å². The first-order chi connectivity index (χ1) is 15.0. The number of para-hydroxylation sites is 1. The molecule has 7 heteroatoms. The van der Waals surface area contributed by atoms with E-state index in [4.69, 9.17) is 4.99 Å². The van der Waals surface area contributed by atoms with E-state index in [1.165, 1.54) is 0 Å². The molecule has 1 aliphatic carbocycles. The molecule has 32 heavy (non-hydrogen) atoms. The molecule has 3 rings (SSSR count). The van der Waals surface area contributed by atoms with Crippen LogP contribution in [0.5, 0.6) is 0 Å². The van der Waals surface area contributed by atoms with Gasteiger partial charge in [-0.15, -0.1) is 0 Å². The van der Waals surface area contributed by atoms with Gasteiger partial charge in [-0.2, -0.15) is 0 Å². The summed E-state index contributed by atoms with van der Waals surface area (Å²) in [5, 5.41) is 8.74. The van der Waals surface area contributed by atoms with Crippen molar-refractivity contribution in [1.82, 2.24) is 10.6 Å². The lowest BCUT2D eigenvalue weighted by molar-refractivity contribution is -0.135. The highest BCUT2D eigenvalue weighted by Crippen LogP contribution is 2.32. The second-order valence-corrected chi connectivity index (χ2v) is 10.4. The van der Waals surface area contributed by atoms with Crippen molar-refractivity contribution in [2.24, 2.45) is 16.3 Å². The number of rotatable bonds is 6. The third kappa shape index (κ3) is 5.37. The van der Waals surface area contributed by atoms with Crippen LogP contribution >= 0.6 is 0 Å². The maximum Gasteiger partial charge on any atom is 0.269 e. The van der Waals surface area contributed by atoms with E-state index < -0.39 is 11.7 Å². The van der Waals surface area contributed by atoms with E-state index in [0.717, 1.165) is 30.5 Å². The third-order valence-electron chi connectivity index (χ3n) is 6.14. The number of fused-ring (bicyclic) bond motifs is 1. The molecule has 1 unspecified atom stereocenters. The van der Waals surface area contributed by atoms with Crippen LogP contribution in [0.1, 0.15) is 78.7 Å². The average Bonchev–Trinajstić information content (AvgIpc) is 3.13. The number of carbonyl (C=O) groups is 3.